The molecule has 0 amide bonds. The number of hydrogen-bond acceptors (Lipinski definition) is 4. The van der Waals surface area contributed by atoms with Crippen LogP contribution in [0, 0.1) is 0 Å². The molecule has 0 spiro atoms. The van der Waals surface area contributed by atoms with Crippen LogP contribution in [-0.4, -0.2) is 52.0 Å². The number of halogens is 1. The van der Waals surface area contributed by atoms with Crippen molar-refractivity contribution in [2.24, 2.45) is 10.1 Å². The summed E-state index contributed by atoms with van der Waals surface area (Å²) in [5, 5.41) is 11.8. The highest BCUT2D eigenvalue weighted by Gasteiger charge is 2.09. The molecule has 0 saturated carbocycles. The van der Waals surface area contributed by atoms with E-state index in [4.69, 9.17) is 5.14 Å². The van der Waals surface area contributed by atoms with Gasteiger partial charge in [0.15, 0.2) is 5.96 Å². The second kappa shape index (κ2) is 13.3. The number of nitrogens with one attached hydrogen (secondary N) is 2. The lowest BCUT2D eigenvalue weighted by Crippen LogP contribution is -2.42. The van der Waals surface area contributed by atoms with E-state index in [9.17, 15) is 8.42 Å². The van der Waals surface area contributed by atoms with Crippen molar-refractivity contribution in [3.8, 4) is 0 Å². The highest BCUT2D eigenvalue weighted by molar-refractivity contribution is 14.0. The molecule has 0 fully saturated rings. The molecule has 156 valence electrons. The van der Waals surface area contributed by atoms with Gasteiger partial charge in [0.1, 0.15) is 0 Å². The number of sulfonamides is 1. The molecule has 4 N–H and O–H groups in total. The van der Waals surface area contributed by atoms with E-state index in [0.717, 1.165) is 38.0 Å². The second-order valence-electron chi connectivity index (χ2n) is 6.33. The number of hydrogen-bond donors (Lipinski definition) is 3. The Hall–Kier alpha value is -0.910. The van der Waals surface area contributed by atoms with Gasteiger partial charge in [-0.1, -0.05) is 26.0 Å². The van der Waals surface area contributed by atoms with Crippen LogP contribution in [0.25, 0.3) is 0 Å². The van der Waals surface area contributed by atoms with Crippen LogP contribution in [0.15, 0.2) is 34.2 Å². The van der Waals surface area contributed by atoms with Crippen LogP contribution < -0.4 is 15.8 Å². The molecular formula is C18H34IN5O2S. The van der Waals surface area contributed by atoms with Gasteiger partial charge >= 0.3 is 0 Å². The van der Waals surface area contributed by atoms with E-state index in [1.165, 1.54) is 6.07 Å². The van der Waals surface area contributed by atoms with E-state index in [0.29, 0.717) is 18.5 Å². The second-order valence-corrected chi connectivity index (χ2v) is 7.89. The summed E-state index contributed by atoms with van der Waals surface area (Å²) in [6.07, 6.45) is 2.18. The fourth-order valence-electron chi connectivity index (χ4n) is 2.68. The van der Waals surface area contributed by atoms with E-state index in [2.05, 4.69) is 41.3 Å². The summed E-state index contributed by atoms with van der Waals surface area (Å²) in [5.41, 5.74) is 0.827. The predicted molar refractivity (Wildman–Crippen MR) is 123 cm³/mol. The molecule has 1 unspecified atom stereocenters. The van der Waals surface area contributed by atoms with Crippen LogP contribution in [0.3, 0.4) is 0 Å². The Morgan fingerprint density at radius 3 is 2.52 bits per heavy atom. The number of guanidine groups is 1. The summed E-state index contributed by atoms with van der Waals surface area (Å²) in [7, 11) is -1.97. The number of benzene rings is 1. The molecule has 0 bridgehead atoms. The lowest BCUT2D eigenvalue weighted by molar-refractivity contribution is 0.292. The molecule has 0 aliphatic carbocycles. The van der Waals surface area contributed by atoms with Crippen molar-refractivity contribution in [3.05, 3.63) is 29.8 Å². The van der Waals surface area contributed by atoms with Crippen LogP contribution in [0.5, 0.6) is 0 Å². The molecule has 7 nitrogen and oxygen atoms in total. The van der Waals surface area contributed by atoms with Gasteiger partial charge in [-0.05, 0) is 57.1 Å². The molecule has 27 heavy (non-hydrogen) atoms. The SMILES string of the molecule is CCN(CC)CCCC(C)NC(=NC)NCc1cccc(S(N)(=O)=O)c1.I. The molecule has 0 radical (unpaired) electrons. The van der Waals surface area contributed by atoms with Crippen molar-refractivity contribution in [1.29, 1.82) is 0 Å². The van der Waals surface area contributed by atoms with E-state index < -0.39 is 10.0 Å². The molecule has 1 aromatic rings. The number of primary sulfonamides is 1. The zero-order valence-corrected chi connectivity index (χ0v) is 19.9. The van der Waals surface area contributed by atoms with Crippen molar-refractivity contribution < 1.29 is 8.42 Å². The fraction of sp³-hybridized carbons (Fsp3) is 0.611. The molecule has 0 heterocycles. The van der Waals surface area contributed by atoms with Gasteiger partial charge in [0.05, 0.1) is 4.90 Å². The van der Waals surface area contributed by atoms with E-state index >= 15 is 0 Å². The highest BCUT2D eigenvalue weighted by atomic mass is 127. The normalized spacial score (nSPS) is 13.2. The largest absolute Gasteiger partial charge is 0.354 e. The molecule has 1 atom stereocenters. The number of nitrogens with zero attached hydrogens (tertiary/aromatic N) is 2. The fourth-order valence-corrected chi connectivity index (χ4v) is 3.26. The first-order valence-corrected chi connectivity index (χ1v) is 10.7. The maximum atomic E-state index is 11.4. The van der Waals surface area contributed by atoms with Crippen molar-refractivity contribution in [3.63, 3.8) is 0 Å². The van der Waals surface area contributed by atoms with Gasteiger partial charge in [-0.2, -0.15) is 0 Å². The Bertz CT molecular complexity index is 678. The van der Waals surface area contributed by atoms with E-state index in [-0.39, 0.29) is 28.9 Å². The van der Waals surface area contributed by atoms with Crippen LogP contribution in [-0.2, 0) is 16.6 Å². The van der Waals surface area contributed by atoms with Gasteiger partial charge in [-0.3, -0.25) is 4.99 Å². The maximum Gasteiger partial charge on any atom is 0.238 e. The summed E-state index contributed by atoms with van der Waals surface area (Å²) in [6.45, 7) is 10.2. The molecule has 9 heteroatoms. The van der Waals surface area contributed by atoms with Gasteiger partial charge in [0.25, 0.3) is 0 Å². The third-order valence-electron chi connectivity index (χ3n) is 4.30. The standard InChI is InChI=1S/C18H33N5O2S.HI/c1-5-23(6-2)12-8-9-15(3)22-18(20-4)21-14-16-10-7-11-17(13-16)26(19,24)25;/h7,10-11,13,15H,5-6,8-9,12,14H2,1-4H3,(H2,19,24,25)(H2,20,21,22);1H. The van der Waals surface area contributed by atoms with Crippen molar-refractivity contribution in [1.82, 2.24) is 15.5 Å². The topological polar surface area (TPSA) is 99.8 Å². The molecule has 1 aromatic carbocycles. The number of aliphatic imine (C=N–C) groups is 1. The van der Waals surface area contributed by atoms with Crippen molar-refractivity contribution >= 4 is 40.0 Å². The third kappa shape index (κ3) is 10.3. The van der Waals surface area contributed by atoms with Gasteiger partial charge < -0.3 is 15.5 Å². The first-order chi connectivity index (χ1) is 12.3. The third-order valence-corrected chi connectivity index (χ3v) is 5.21. The first kappa shape index (κ1) is 26.1. The minimum absolute atomic E-state index is 0. The lowest BCUT2D eigenvalue weighted by atomic mass is 10.2. The molecule has 1 rings (SSSR count). The van der Waals surface area contributed by atoms with Gasteiger partial charge in [-0.15, -0.1) is 24.0 Å². The van der Waals surface area contributed by atoms with Crippen LogP contribution in [0.1, 0.15) is 39.2 Å². The molecule has 0 aromatic heterocycles. The Morgan fingerprint density at radius 2 is 1.96 bits per heavy atom. The van der Waals surface area contributed by atoms with Crippen LogP contribution in [0.4, 0.5) is 0 Å². The Balaban J connectivity index is 0.00000676. The molecule has 0 aliphatic rings. The summed E-state index contributed by atoms with van der Waals surface area (Å²) >= 11 is 0. The average molecular weight is 511 g/mol. The maximum absolute atomic E-state index is 11.4. The van der Waals surface area contributed by atoms with Gasteiger partial charge in [0, 0.05) is 19.6 Å². The molecule has 0 aliphatic heterocycles. The minimum Gasteiger partial charge on any atom is -0.354 e. The van der Waals surface area contributed by atoms with E-state index in [1.54, 1.807) is 19.2 Å². The lowest BCUT2D eigenvalue weighted by Gasteiger charge is -2.21. The number of nitrogens with two attached hydrogens (primary N) is 1. The summed E-state index contributed by atoms with van der Waals surface area (Å²) < 4.78 is 22.9. The Labute approximate surface area is 181 Å². The van der Waals surface area contributed by atoms with E-state index in [1.807, 2.05) is 6.07 Å². The summed E-state index contributed by atoms with van der Waals surface area (Å²) in [4.78, 5) is 6.76. The average Bonchev–Trinajstić information content (AvgIpc) is 2.61. The smallest absolute Gasteiger partial charge is 0.238 e. The molecular weight excluding hydrogens is 477 g/mol. The van der Waals surface area contributed by atoms with Crippen molar-refractivity contribution in [2.45, 2.75) is 51.1 Å². The van der Waals surface area contributed by atoms with Gasteiger partial charge in [-0.25, -0.2) is 13.6 Å². The Kier molecular flexibility index (Phi) is 12.8. The summed E-state index contributed by atoms with van der Waals surface area (Å²) in [6, 6.07) is 6.89. The highest BCUT2D eigenvalue weighted by Crippen LogP contribution is 2.09. The number of rotatable bonds is 10. The van der Waals surface area contributed by atoms with Crippen LogP contribution in [0.2, 0.25) is 0 Å². The van der Waals surface area contributed by atoms with Crippen LogP contribution >= 0.6 is 24.0 Å². The molecule has 0 saturated heterocycles. The quantitative estimate of drug-likeness (QED) is 0.254. The Morgan fingerprint density at radius 1 is 1.30 bits per heavy atom. The minimum atomic E-state index is -3.69. The zero-order chi connectivity index (χ0) is 19.6. The first-order valence-electron chi connectivity index (χ1n) is 9.11. The monoisotopic (exact) mass is 511 g/mol. The summed E-state index contributed by atoms with van der Waals surface area (Å²) in [5.74, 6) is 0.696. The zero-order valence-electron chi connectivity index (χ0n) is 16.7. The van der Waals surface area contributed by atoms with Gasteiger partial charge in [0.2, 0.25) is 10.0 Å². The van der Waals surface area contributed by atoms with Crippen molar-refractivity contribution in [2.75, 3.05) is 26.7 Å². The predicted octanol–water partition coefficient (Wildman–Crippen LogP) is 2.13.